The SMILES string of the molecule is O=C(CCc1c[nH]c2ccccc12)N1CCOc2ccc(CN3CCN(c4ccccn4)CC3)cc2C1. The Labute approximate surface area is 217 Å². The third kappa shape index (κ3) is 5.32. The van der Waals surface area contributed by atoms with Crippen molar-refractivity contribution >= 4 is 22.6 Å². The van der Waals surface area contributed by atoms with Crippen LogP contribution in [0.4, 0.5) is 5.82 Å². The molecule has 7 nitrogen and oxygen atoms in total. The van der Waals surface area contributed by atoms with Gasteiger partial charge in [0.2, 0.25) is 5.91 Å². The van der Waals surface area contributed by atoms with Gasteiger partial charge < -0.3 is 19.5 Å². The highest BCUT2D eigenvalue weighted by atomic mass is 16.5. The highest BCUT2D eigenvalue weighted by Gasteiger charge is 2.22. The van der Waals surface area contributed by atoms with Gasteiger partial charge in [0.15, 0.2) is 0 Å². The van der Waals surface area contributed by atoms with Crippen LogP contribution in [0.5, 0.6) is 5.75 Å². The van der Waals surface area contributed by atoms with Gasteiger partial charge in [0, 0.05) is 74.5 Å². The molecule has 1 saturated heterocycles. The van der Waals surface area contributed by atoms with Gasteiger partial charge >= 0.3 is 0 Å². The minimum Gasteiger partial charge on any atom is -0.491 e. The first kappa shape index (κ1) is 23.6. The molecule has 0 bridgehead atoms. The molecule has 1 N–H and O–H groups in total. The van der Waals surface area contributed by atoms with E-state index in [1.807, 2.05) is 41.6 Å². The lowest BCUT2D eigenvalue weighted by Crippen LogP contribution is -2.46. The first-order valence-corrected chi connectivity index (χ1v) is 13.2. The van der Waals surface area contributed by atoms with Crippen LogP contribution in [0, 0.1) is 0 Å². The number of nitrogens with one attached hydrogen (secondary N) is 1. The largest absolute Gasteiger partial charge is 0.491 e. The Bertz CT molecular complexity index is 1360. The first-order valence-electron chi connectivity index (χ1n) is 13.2. The number of amides is 1. The molecule has 6 rings (SSSR count). The molecular formula is C30H33N5O2. The normalized spacial score (nSPS) is 16.3. The Morgan fingerprint density at radius 3 is 2.70 bits per heavy atom. The van der Waals surface area contributed by atoms with Crippen molar-refractivity contribution in [2.45, 2.75) is 25.9 Å². The van der Waals surface area contributed by atoms with E-state index >= 15 is 0 Å². The van der Waals surface area contributed by atoms with Gasteiger partial charge in [0.25, 0.3) is 0 Å². The number of para-hydroxylation sites is 1. The lowest BCUT2D eigenvalue weighted by molar-refractivity contribution is -0.131. The van der Waals surface area contributed by atoms with E-state index in [0.717, 1.165) is 61.8 Å². The fourth-order valence-electron chi connectivity index (χ4n) is 5.43. The number of nitrogens with zero attached hydrogens (tertiary/aromatic N) is 4. The lowest BCUT2D eigenvalue weighted by atomic mass is 10.1. The number of carbonyl (C=O) groups is 1. The topological polar surface area (TPSA) is 64.7 Å². The summed E-state index contributed by atoms with van der Waals surface area (Å²) in [7, 11) is 0. The Hall–Kier alpha value is -3.84. The first-order chi connectivity index (χ1) is 18.2. The highest BCUT2D eigenvalue weighted by Crippen LogP contribution is 2.26. The van der Waals surface area contributed by atoms with Crippen LogP contribution >= 0.6 is 0 Å². The summed E-state index contributed by atoms with van der Waals surface area (Å²) < 4.78 is 6.02. The maximum absolute atomic E-state index is 13.2. The van der Waals surface area contributed by atoms with Gasteiger partial charge in [-0.1, -0.05) is 30.3 Å². The molecule has 0 atom stereocenters. The smallest absolute Gasteiger partial charge is 0.223 e. The maximum Gasteiger partial charge on any atom is 0.223 e. The molecular weight excluding hydrogens is 462 g/mol. The molecule has 2 aliphatic rings. The second-order valence-corrected chi connectivity index (χ2v) is 9.92. The monoisotopic (exact) mass is 495 g/mol. The van der Waals surface area contributed by atoms with Gasteiger partial charge in [-0.05, 0) is 47.9 Å². The predicted octanol–water partition coefficient (Wildman–Crippen LogP) is 4.24. The van der Waals surface area contributed by atoms with Crippen molar-refractivity contribution < 1.29 is 9.53 Å². The van der Waals surface area contributed by atoms with Gasteiger partial charge in [0.1, 0.15) is 18.2 Å². The summed E-state index contributed by atoms with van der Waals surface area (Å²) >= 11 is 0. The molecule has 0 saturated carbocycles. The summed E-state index contributed by atoms with van der Waals surface area (Å²) in [6.45, 7) is 6.60. The van der Waals surface area contributed by atoms with Crippen LogP contribution in [0.3, 0.4) is 0 Å². The molecule has 1 amide bonds. The summed E-state index contributed by atoms with van der Waals surface area (Å²) in [5.41, 5.74) is 4.68. The van der Waals surface area contributed by atoms with Gasteiger partial charge in [-0.15, -0.1) is 0 Å². The summed E-state index contributed by atoms with van der Waals surface area (Å²) in [5, 5.41) is 1.20. The number of pyridine rings is 1. The number of H-pyrrole nitrogens is 1. The van der Waals surface area contributed by atoms with E-state index in [2.05, 4.69) is 56.2 Å². The van der Waals surface area contributed by atoms with Crippen LogP contribution in [0.1, 0.15) is 23.1 Å². The number of aromatic amines is 1. The van der Waals surface area contributed by atoms with Crippen LogP contribution in [-0.2, 0) is 24.3 Å². The number of benzene rings is 2. The standard InChI is InChI=1S/C30H33N5O2/c36-30(11-9-24-20-32-27-6-2-1-5-26(24)27)35-17-18-37-28-10-8-23(19-25(28)22-35)21-33-13-15-34(16-14-33)29-7-3-4-12-31-29/h1-8,10,12,19-20,32H,9,11,13-18,21-22H2. The highest BCUT2D eigenvalue weighted by molar-refractivity contribution is 5.84. The van der Waals surface area contributed by atoms with Gasteiger partial charge in [-0.25, -0.2) is 4.98 Å². The van der Waals surface area contributed by atoms with E-state index in [1.54, 1.807) is 0 Å². The van der Waals surface area contributed by atoms with E-state index in [-0.39, 0.29) is 5.91 Å². The molecule has 1 fully saturated rings. The minimum absolute atomic E-state index is 0.178. The summed E-state index contributed by atoms with van der Waals surface area (Å²) in [4.78, 5) is 27.8. The summed E-state index contributed by atoms with van der Waals surface area (Å²) in [6.07, 6.45) is 5.12. The zero-order valence-electron chi connectivity index (χ0n) is 21.1. The molecule has 190 valence electrons. The van der Waals surface area contributed by atoms with E-state index in [0.29, 0.717) is 26.1 Å². The predicted molar refractivity (Wildman–Crippen MR) is 146 cm³/mol. The molecule has 2 aliphatic heterocycles. The molecule has 0 unspecified atom stereocenters. The van der Waals surface area contributed by atoms with Crippen molar-refractivity contribution in [2.24, 2.45) is 0 Å². The minimum atomic E-state index is 0.178. The quantitative estimate of drug-likeness (QED) is 0.434. The number of hydrogen-bond donors (Lipinski definition) is 1. The van der Waals surface area contributed by atoms with Crippen molar-refractivity contribution in [1.29, 1.82) is 0 Å². The number of hydrogen-bond acceptors (Lipinski definition) is 5. The number of aryl methyl sites for hydroxylation is 1. The van der Waals surface area contributed by atoms with Crippen molar-refractivity contribution in [1.82, 2.24) is 19.8 Å². The number of rotatable bonds is 6. The zero-order valence-corrected chi connectivity index (χ0v) is 21.1. The lowest BCUT2D eigenvalue weighted by Gasteiger charge is -2.35. The molecule has 4 heterocycles. The summed E-state index contributed by atoms with van der Waals surface area (Å²) in [6, 6.07) is 20.8. The second kappa shape index (κ2) is 10.6. The van der Waals surface area contributed by atoms with E-state index < -0.39 is 0 Å². The Kier molecular flexibility index (Phi) is 6.78. The van der Waals surface area contributed by atoms with Gasteiger partial charge in [-0.3, -0.25) is 9.69 Å². The van der Waals surface area contributed by atoms with E-state index in [1.165, 1.54) is 16.5 Å². The molecule has 2 aromatic carbocycles. The zero-order chi connectivity index (χ0) is 25.0. The van der Waals surface area contributed by atoms with Crippen LogP contribution in [0.25, 0.3) is 10.9 Å². The number of anilines is 1. The molecule has 0 aliphatic carbocycles. The average Bonchev–Trinajstić information content (AvgIpc) is 3.24. The van der Waals surface area contributed by atoms with Crippen LogP contribution < -0.4 is 9.64 Å². The summed E-state index contributed by atoms with van der Waals surface area (Å²) in [5.74, 6) is 2.13. The van der Waals surface area contributed by atoms with E-state index in [9.17, 15) is 4.79 Å². The second-order valence-electron chi connectivity index (χ2n) is 9.92. The van der Waals surface area contributed by atoms with Crippen molar-refractivity contribution in [3.05, 3.63) is 89.7 Å². The molecule has 37 heavy (non-hydrogen) atoms. The fourth-order valence-corrected chi connectivity index (χ4v) is 5.43. The molecule has 0 radical (unpaired) electrons. The molecule has 7 heteroatoms. The van der Waals surface area contributed by atoms with Crippen molar-refractivity contribution in [2.75, 3.05) is 44.2 Å². The third-order valence-corrected chi connectivity index (χ3v) is 7.49. The average molecular weight is 496 g/mol. The number of ether oxygens (including phenoxy) is 1. The maximum atomic E-state index is 13.2. The van der Waals surface area contributed by atoms with Gasteiger partial charge in [-0.2, -0.15) is 0 Å². The van der Waals surface area contributed by atoms with Crippen molar-refractivity contribution in [3.63, 3.8) is 0 Å². The number of piperazine rings is 1. The molecule has 0 spiro atoms. The fraction of sp³-hybridized carbons (Fsp3) is 0.333. The number of aromatic nitrogens is 2. The van der Waals surface area contributed by atoms with Crippen LogP contribution in [0.2, 0.25) is 0 Å². The third-order valence-electron chi connectivity index (χ3n) is 7.49. The van der Waals surface area contributed by atoms with Gasteiger partial charge in [0.05, 0.1) is 6.54 Å². The van der Waals surface area contributed by atoms with Crippen LogP contribution in [-0.4, -0.2) is 65.0 Å². The Balaban J connectivity index is 1.07. The van der Waals surface area contributed by atoms with E-state index in [4.69, 9.17) is 4.74 Å². The Morgan fingerprint density at radius 1 is 0.973 bits per heavy atom. The Morgan fingerprint density at radius 2 is 1.84 bits per heavy atom. The van der Waals surface area contributed by atoms with Crippen molar-refractivity contribution in [3.8, 4) is 5.75 Å². The molecule has 2 aromatic heterocycles. The van der Waals surface area contributed by atoms with Crippen LogP contribution in [0.15, 0.2) is 73.1 Å². The number of carbonyl (C=O) groups excluding carboxylic acids is 1. The molecule has 4 aromatic rings. The number of fused-ring (bicyclic) bond motifs is 2.